The van der Waals surface area contributed by atoms with Crippen LogP contribution in [0, 0.1) is 5.92 Å². The van der Waals surface area contributed by atoms with Gasteiger partial charge in [0.2, 0.25) is 0 Å². The number of halogens is 3. The van der Waals surface area contributed by atoms with E-state index in [1.165, 1.54) is 0 Å². The second-order valence-electron chi connectivity index (χ2n) is 5.09. The van der Waals surface area contributed by atoms with Crippen LogP contribution in [0.4, 0.5) is 13.2 Å². The van der Waals surface area contributed by atoms with Crippen molar-refractivity contribution in [2.45, 2.75) is 38.5 Å². The Bertz CT molecular complexity index is 409. The molecule has 1 atom stereocenters. The molecule has 19 heavy (non-hydrogen) atoms. The number of piperidine rings is 1. The molecule has 0 aliphatic carbocycles. The van der Waals surface area contributed by atoms with Crippen LogP contribution in [0.25, 0.3) is 0 Å². The predicted molar refractivity (Wildman–Crippen MR) is 68.8 cm³/mol. The van der Waals surface area contributed by atoms with E-state index in [-0.39, 0.29) is 6.04 Å². The minimum absolute atomic E-state index is 0.193. The summed E-state index contributed by atoms with van der Waals surface area (Å²) >= 11 is 0.738. The van der Waals surface area contributed by atoms with Crippen molar-refractivity contribution in [1.82, 2.24) is 9.88 Å². The lowest BCUT2D eigenvalue weighted by atomic mass is 9.91. The number of nitrogens with zero attached hydrogens (tertiary/aromatic N) is 2. The van der Waals surface area contributed by atoms with Crippen molar-refractivity contribution in [2.24, 2.45) is 11.7 Å². The zero-order valence-electron chi connectivity index (χ0n) is 10.8. The molecule has 1 aromatic rings. The van der Waals surface area contributed by atoms with Crippen LogP contribution in [0.2, 0.25) is 0 Å². The largest absolute Gasteiger partial charge is 0.427 e. The van der Waals surface area contributed by atoms with Crippen LogP contribution < -0.4 is 5.73 Å². The maximum absolute atomic E-state index is 12.5. The molecule has 1 aliphatic rings. The third-order valence-electron chi connectivity index (χ3n) is 3.57. The van der Waals surface area contributed by atoms with Crippen molar-refractivity contribution in [3.05, 3.63) is 16.1 Å². The van der Waals surface area contributed by atoms with Crippen LogP contribution in [-0.2, 0) is 12.7 Å². The molecule has 1 aromatic heterocycles. The van der Waals surface area contributed by atoms with Gasteiger partial charge in [-0.15, -0.1) is 11.3 Å². The molecule has 2 heterocycles. The molecule has 0 aromatic carbocycles. The fourth-order valence-corrected chi connectivity index (χ4v) is 3.17. The summed E-state index contributed by atoms with van der Waals surface area (Å²) in [4.78, 5) is 5.40. The van der Waals surface area contributed by atoms with Gasteiger partial charge in [-0.3, -0.25) is 4.90 Å². The van der Waals surface area contributed by atoms with Gasteiger partial charge in [0.1, 0.15) is 9.88 Å². The van der Waals surface area contributed by atoms with Gasteiger partial charge in [-0.05, 0) is 38.8 Å². The first-order valence-electron chi connectivity index (χ1n) is 6.36. The first-order valence-corrected chi connectivity index (χ1v) is 7.17. The number of alkyl halides is 3. The van der Waals surface area contributed by atoms with Crippen molar-refractivity contribution in [3.63, 3.8) is 0 Å². The molecule has 0 saturated carbocycles. The predicted octanol–water partition coefficient (Wildman–Crippen LogP) is 2.72. The highest BCUT2D eigenvalue weighted by molar-refractivity contribution is 7.11. The van der Waals surface area contributed by atoms with Crippen molar-refractivity contribution in [2.75, 3.05) is 13.1 Å². The quantitative estimate of drug-likeness (QED) is 0.931. The van der Waals surface area contributed by atoms with E-state index in [0.29, 0.717) is 17.5 Å². The third-order valence-corrected chi connectivity index (χ3v) is 4.59. The van der Waals surface area contributed by atoms with Crippen molar-refractivity contribution >= 4 is 11.3 Å². The van der Waals surface area contributed by atoms with Gasteiger partial charge in [0, 0.05) is 6.04 Å². The number of rotatable bonds is 3. The van der Waals surface area contributed by atoms with Gasteiger partial charge in [-0.1, -0.05) is 0 Å². The van der Waals surface area contributed by atoms with Crippen LogP contribution >= 0.6 is 11.3 Å². The van der Waals surface area contributed by atoms with E-state index >= 15 is 0 Å². The fourth-order valence-electron chi connectivity index (χ4n) is 2.34. The van der Waals surface area contributed by atoms with Crippen molar-refractivity contribution < 1.29 is 13.2 Å². The lowest BCUT2D eigenvalue weighted by molar-refractivity contribution is -0.134. The highest BCUT2D eigenvalue weighted by Gasteiger charge is 2.33. The van der Waals surface area contributed by atoms with E-state index in [9.17, 15) is 13.2 Å². The van der Waals surface area contributed by atoms with E-state index in [0.717, 1.165) is 43.5 Å². The normalized spacial score (nSPS) is 20.7. The molecule has 1 unspecified atom stereocenters. The van der Waals surface area contributed by atoms with E-state index in [2.05, 4.69) is 9.88 Å². The summed E-state index contributed by atoms with van der Waals surface area (Å²) in [6.45, 7) is 4.28. The molecule has 0 radical (unpaired) electrons. The molecule has 108 valence electrons. The molecule has 1 fully saturated rings. The van der Waals surface area contributed by atoms with Crippen molar-refractivity contribution in [1.29, 1.82) is 0 Å². The summed E-state index contributed by atoms with van der Waals surface area (Å²) in [7, 11) is 0. The molecule has 3 nitrogen and oxygen atoms in total. The molecule has 2 rings (SSSR count). The average molecular weight is 293 g/mol. The van der Waals surface area contributed by atoms with E-state index in [4.69, 9.17) is 5.73 Å². The fraction of sp³-hybridized carbons (Fsp3) is 0.750. The smallest absolute Gasteiger partial charge is 0.328 e. The summed E-state index contributed by atoms with van der Waals surface area (Å²) in [5.41, 5.74) is 5.86. The lowest BCUT2D eigenvalue weighted by Gasteiger charge is -2.33. The monoisotopic (exact) mass is 293 g/mol. The Labute approximate surface area is 114 Å². The SMILES string of the molecule is CC(N)C1CCN(Cc2ncc(C(F)(F)F)s2)CC1. The Balaban J connectivity index is 1.87. The Morgan fingerprint density at radius 2 is 2.11 bits per heavy atom. The standard InChI is InChI=1S/C12H18F3N3S/c1-8(16)9-2-4-18(5-3-9)7-11-17-6-10(19-11)12(13,14)15/h6,8-9H,2-5,7,16H2,1H3. The number of likely N-dealkylation sites (tertiary alicyclic amines) is 1. The Kier molecular flexibility index (Phi) is 4.47. The maximum Gasteiger partial charge on any atom is 0.427 e. The zero-order valence-corrected chi connectivity index (χ0v) is 11.6. The second kappa shape index (κ2) is 5.76. The molecule has 0 bridgehead atoms. The first kappa shape index (κ1) is 14.7. The number of hydrogen-bond donors (Lipinski definition) is 1. The van der Waals surface area contributed by atoms with Crippen LogP contribution in [0.1, 0.15) is 29.7 Å². The minimum Gasteiger partial charge on any atom is -0.328 e. The highest BCUT2D eigenvalue weighted by atomic mass is 32.1. The summed E-state index contributed by atoms with van der Waals surface area (Å²) in [6, 6.07) is 0.193. The lowest BCUT2D eigenvalue weighted by Crippen LogP contribution is -2.39. The molecule has 0 amide bonds. The van der Waals surface area contributed by atoms with Crippen LogP contribution in [-0.4, -0.2) is 29.0 Å². The van der Waals surface area contributed by atoms with Gasteiger partial charge in [-0.25, -0.2) is 4.98 Å². The van der Waals surface area contributed by atoms with Gasteiger partial charge in [0.25, 0.3) is 0 Å². The van der Waals surface area contributed by atoms with Crippen LogP contribution in [0.5, 0.6) is 0 Å². The molecule has 1 aliphatic heterocycles. The van der Waals surface area contributed by atoms with Gasteiger partial charge < -0.3 is 5.73 Å². The summed E-state index contributed by atoms with van der Waals surface area (Å²) in [6.07, 6.45) is -1.34. The van der Waals surface area contributed by atoms with Crippen LogP contribution in [0.15, 0.2) is 6.20 Å². The van der Waals surface area contributed by atoms with E-state index in [1.807, 2.05) is 6.92 Å². The first-order chi connectivity index (χ1) is 8.86. The van der Waals surface area contributed by atoms with Crippen LogP contribution in [0.3, 0.4) is 0 Å². The molecular weight excluding hydrogens is 275 g/mol. The summed E-state index contributed by atoms with van der Waals surface area (Å²) in [5.74, 6) is 0.526. The number of thiazole rings is 1. The number of hydrogen-bond acceptors (Lipinski definition) is 4. The van der Waals surface area contributed by atoms with Gasteiger partial charge in [0.15, 0.2) is 0 Å². The topological polar surface area (TPSA) is 42.1 Å². The third kappa shape index (κ3) is 3.90. The second-order valence-corrected chi connectivity index (χ2v) is 6.20. The molecule has 2 N–H and O–H groups in total. The Morgan fingerprint density at radius 1 is 1.47 bits per heavy atom. The number of aromatic nitrogens is 1. The Hall–Kier alpha value is -0.660. The van der Waals surface area contributed by atoms with Gasteiger partial charge in [-0.2, -0.15) is 13.2 Å². The zero-order chi connectivity index (χ0) is 14.0. The van der Waals surface area contributed by atoms with E-state index < -0.39 is 11.1 Å². The molecular formula is C12H18F3N3S. The van der Waals surface area contributed by atoms with E-state index in [1.54, 1.807) is 0 Å². The molecule has 0 spiro atoms. The maximum atomic E-state index is 12.5. The summed E-state index contributed by atoms with van der Waals surface area (Å²) in [5, 5.41) is 0.534. The number of nitrogens with two attached hydrogens (primary N) is 1. The highest BCUT2D eigenvalue weighted by Crippen LogP contribution is 2.34. The van der Waals surface area contributed by atoms with Crippen molar-refractivity contribution in [3.8, 4) is 0 Å². The minimum atomic E-state index is -4.28. The Morgan fingerprint density at radius 3 is 2.58 bits per heavy atom. The van der Waals surface area contributed by atoms with Gasteiger partial charge in [0.05, 0.1) is 12.7 Å². The molecule has 1 saturated heterocycles. The molecule has 7 heteroatoms. The summed E-state index contributed by atoms with van der Waals surface area (Å²) < 4.78 is 37.4. The van der Waals surface area contributed by atoms with Gasteiger partial charge >= 0.3 is 6.18 Å². The average Bonchev–Trinajstić information content (AvgIpc) is 2.78.